The van der Waals surface area contributed by atoms with E-state index >= 15 is 0 Å². The first kappa shape index (κ1) is 22.5. The Hall–Kier alpha value is -3.71. The average Bonchev–Trinajstić information content (AvgIpc) is 3.12. The van der Waals surface area contributed by atoms with Gasteiger partial charge in [-0.3, -0.25) is 9.48 Å². The molecular formula is C25H20ClF2N3O2. The van der Waals surface area contributed by atoms with Crippen LogP contribution in [-0.4, -0.2) is 15.7 Å². The lowest BCUT2D eigenvalue weighted by molar-refractivity contribution is 0.101. The van der Waals surface area contributed by atoms with Crippen molar-refractivity contribution in [2.75, 3.05) is 5.32 Å². The molecule has 1 aromatic heterocycles. The summed E-state index contributed by atoms with van der Waals surface area (Å²) in [6.45, 7) is 2.52. The molecule has 1 amide bonds. The first-order valence-corrected chi connectivity index (χ1v) is 10.5. The van der Waals surface area contributed by atoms with E-state index in [1.54, 1.807) is 35.9 Å². The Balaban J connectivity index is 1.52. The van der Waals surface area contributed by atoms with Gasteiger partial charge in [0.25, 0.3) is 5.91 Å². The molecule has 0 aliphatic rings. The van der Waals surface area contributed by atoms with Gasteiger partial charge < -0.3 is 10.1 Å². The van der Waals surface area contributed by atoms with Crippen molar-refractivity contribution in [3.05, 3.63) is 112 Å². The molecule has 4 rings (SSSR count). The second kappa shape index (κ2) is 9.83. The molecule has 8 heteroatoms. The van der Waals surface area contributed by atoms with Gasteiger partial charge in [0.1, 0.15) is 29.6 Å². The monoisotopic (exact) mass is 467 g/mol. The van der Waals surface area contributed by atoms with Crippen LogP contribution in [0, 0.1) is 18.6 Å². The van der Waals surface area contributed by atoms with Gasteiger partial charge in [-0.25, -0.2) is 8.78 Å². The lowest BCUT2D eigenvalue weighted by Gasteiger charge is -2.13. The second-order valence-corrected chi connectivity index (χ2v) is 7.84. The van der Waals surface area contributed by atoms with Crippen LogP contribution in [0.2, 0.25) is 5.02 Å². The van der Waals surface area contributed by atoms with E-state index in [4.69, 9.17) is 16.3 Å². The largest absolute Gasteiger partial charge is 0.489 e. The molecule has 0 spiro atoms. The van der Waals surface area contributed by atoms with Crippen LogP contribution in [0.15, 0.2) is 72.8 Å². The van der Waals surface area contributed by atoms with Crippen molar-refractivity contribution in [2.45, 2.75) is 20.1 Å². The zero-order valence-corrected chi connectivity index (χ0v) is 18.4. The number of carbonyl (C=O) groups is 1. The van der Waals surface area contributed by atoms with Crippen LogP contribution < -0.4 is 10.1 Å². The molecule has 33 heavy (non-hydrogen) atoms. The predicted molar refractivity (Wildman–Crippen MR) is 123 cm³/mol. The van der Waals surface area contributed by atoms with E-state index < -0.39 is 23.1 Å². The lowest BCUT2D eigenvalue weighted by atomic mass is 10.2. The van der Waals surface area contributed by atoms with Gasteiger partial charge in [-0.15, -0.1) is 0 Å². The molecule has 1 N–H and O–H groups in total. The highest BCUT2D eigenvalue weighted by Gasteiger charge is 2.19. The zero-order chi connectivity index (χ0) is 23.4. The number of aromatic nitrogens is 2. The quantitative estimate of drug-likeness (QED) is 0.362. The third-order valence-corrected chi connectivity index (χ3v) is 5.23. The molecule has 0 radical (unpaired) electrons. The van der Waals surface area contributed by atoms with Crippen molar-refractivity contribution in [3.8, 4) is 5.75 Å². The topological polar surface area (TPSA) is 56.2 Å². The molecule has 1 heterocycles. The SMILES string of the molecule is Cc1cc(NC(=O)c2c(F)cccc2F)nn1Cc1cc(Cl)ccc1OCc1ccccc1. The number of carbonyl (C=O) groups excluding carboxylic acids is 1. The lowest BCUT2D eigenvalue weighted by Crippen LogP contribution is -2.16. The molecule has 0 fully saturated rings. The zero-order valence-electron chi connectivity index (χ0n) is 17.7. The fraction of sp³-hybridized carbons (Fsp3) is 0.120. The summed E-state index contributed by atoms with van der Waals surface area (Å²) in [5.74, 6) is -1.97. The minimum absolute atomic E-state index is 0.175. The first-order chi connectivity index (χ1) is 15.9. The molecule has 0 bridgehead atoms. The summed E-state index contributed by atoms with van der Waals surface area (Å²) in [7, 11) is 0. The van der Waals surface area contributed by atoms with E-state index in [1.807, 2.05) is 30.3 Å². The number of nitrogens with zero attached hydrogens (tertiary/aromatic N) is 2. The number of anilines is 1. The van der Waals surface area contributed by atoms with Gasteiger partial charge in [-0.1, -0.05) is 48.0 Å². The Bertz CT molecular complexity index is 1270. The number of benzene rings is 3. The third-order valence-electron chi connectivity index (χ3n) is 4.99. The molecule has 0 aliphatic heterocycles. The normalized spacial score (nSPS) is 10.8. The van der Waals surface area contributed by atoms with Crippen LogP contribution in [-0.2, 0) is 13.2 Å². The van der Waals surface area contributed by atoms with Crippen molar-refractivity contribution in [3.63, 3.8) is 0 Å². The van der Waals surface area contributed by atoms with E-state index in [1.165, 1.54) is 6.07 Å². The van der Waals surface area contributed by atoms with Crippen molar-refractivity contribution in [1.82, 2.24) is 9.78 Å². The average molecular weight is 468 g/mol. The molecule has 0 unspecified atom stereocenters. The molecule has 5 nitrogen and oxygen atoms in total. The number of rotatable bonds is 7. The minimum Gasteiger partial charge on any atom is -0.489 e. The van der Waals surface area contributed by atoms with Gasteiger partial charge in [0.15, 0.2) is 5.82 Å². The maximum Gasteiger partial charge on any atom is 0.262 e. The number of hydrogen-bond acceptors (Lipinski definition) is 3. The van der Waals surface area contributed by atoms with Crippen molar-refractivity contribution >= 4 is 23.3 Å². The van der Waals surface area contributed by atoms with E-state index in [9.17, 15) is 13.6 Å². The number of halogens is 3. The molecule has 0 atom stereocenters. The Morgan fingerprint density at radius 2 is 1.76 bits per heavy atom. The highest BCUT2D eigenvalue weighted by atomic mass is 35.5. The van der Waals surface area contributed by atoms with Crippen LogP contribution in [0.5, 0.6) is 5.75 Å². The number of amides is 1. The maximum atomic E-state index is 13.9. The van der Waals surface area contributed by atoms with Crippen molar-refractivity contribution in [1.29, 1.82) is 0 Å². The first-order valence-electron chi connectivity index (χ1n) is 10.2. The predicted octanol–water partition coefficient (Wildman–Crippen LogP) is 6.00. The molecule has 0 saturated heterocycles. The second-order valence-electron chi connectivity index (χ2n) is 7.41. The van der Waals surface area contributed by atoms with Crippen LogP contribution in [0.4, 0.5) is 14.6 Å². The smallest absolute Gasteiger partial charge is 0.262 e. The Morgan fingerprint density at radius 3 is 2.48 bits per heavy atom. The highest BCUT2D eigenvalue weighted by molar-refractivity contribution is 6.30. The van der Waals surface area contributed by atoms with Crippen molar-refractivity contribution in [2.24, 2.45) is 0 Å². The van der Waals surface area contributed by atoms with Gasteiger partial charge in [0.05, 0.1) is 6.54 Å². The van der Waals surface area contributed by atoms with Crippen LogP contribution in [0.3, 0.4) is 0 Å². The number of aryl methyl sites for hydroxylation is 1. The fourth-order valence-corrected chi connectivity index (χ4v) is 3.53. The number of ether oxygens (including phenoxy) is 1. The molecule has 4 aromatic rings. The Kier molecular flexibility index (Phi) is 6.70. The minimum atomic E-state index is -0.942. The molecule has 168 valence electrons. The van der Waals surface area contributed by atoms with Crippen LogP contribution >= 0.6 is 11.6 Å². The summed E-state index contributed by atoms with van der Waals surface area (Å²) in [4.78, 5) is 12.4. The molecular weight excluding hydrogens is 448 g/mol. The van der Waals surface area contributed by atoms with Gasteiger partial charge >= 0.3 is 0 Å². The summed E-state index contributed by atoms with van der Waals surface area (Å²) in [5.41, 5.74) is 1.89. The summed E-state index contributed by atoms with van der Waals surface area (Å²) in [6, 6.07) is 20.0. The Labute approximate surface area is 194 Å². The van der Waals surface area contributed by atoms with E-state index in [0.717, 1.165) is 29.0 Å². The third kappa shape index (κ3) is 5.38. The summed E-state index contributed by atoms with van der Waals surface area (Å²) < 4.78 is 35.4. The van der Waals surface area contributed by atoms with Gasteiger partial charge in [0.2, 0.25) is 0 Å². The summed E-state index contributed by atoms with van der Waals surface area (Å²) >= 11 is 6.20. The van der Waals surface area contributed by atoms with Gasteiger partial charge in [0, 0.05) is 22.3 Å². The molecule has 0 aliphatic carbocycles. The summed E-state index contributed by atoms with van der Waals surface area (Å²) in [5, 5.41) is 7.36. The van der Waals surface area contributed by atoms with E-state index in [0.29, 0.717) is 23.9 Å². The van der Waals surface area contributed by atoms with Crippen LogP contribution in [0.25, 0.3) is 0 Å². The highest BCUT2D eigenvalue weighted by Crippen LogP contribution is 2.26. The fourth-order valence-electron chi connectivity index (χ4n) is 3.33. The van der Waals surface area contributed by atoms with E-state index in [2.05, 4.69) is 10.4 Å². The molecule has 3 aromatic carbocycles. The van der Waals surface area contributed by atoms with Gasteiger partial charge in [-0.2, -0.15) is 5.10 Å². The number of hydrogen-bond donors (Lipinski definition) is 1. The number of nitrogens with one attached hydrogen (secondary N) is 1. The van der Waals surface area contributed by atoms with E-state index in [-0.39, 0.29) is 5.82 Å². The Morgan fingerprint density at radius 1 is 1.03 bits per heavy atom. The van der Waals surface area contributed by atoms with Gasteiger partial charge in [-0.05, 0) is 42.8 Å². The van der Waals surface area contributed by atoms with Crippen LogP contribution in [0.1, 0.15) is 27.2 Å². The van der Waals surface area contributed by atoms with Crippen molar-refractivity contribution < 1.29 is 18.3 Å². The maximum absolute atomic E-state index is 13.9. The standard InChI is InChI=1S/C25H20ClF2N3O2/c1-16-12-23(29-25(32)24-20(27)8-5-9-21(24)28)30-31(16)14-18-13-19(26)10-11-22(18)33-15-17-6-3-2-4-7-17/h2-13H,14-15H2,1H3,(H,29,30,32). The summed E-state index contributed by atoms with van der Waals surface area (Å²) in [6.07, 6.45) is 0. The molecule has 0 saturated carbocycles.